The van der Waals surface area contributed by atoms with Crippen LogP contribution >= 0.6 is 0 Å². The van der Waals surface area contributed by atoms with Gasteiger partial charge in [0.25, 0.3) is 0 Å². The van der Waals surface area contributed by atoms with E-state index in [0.717, 1.165) is 24.2 Å². The Hall–Kier alpha value is -0.300. The fourth-order valence-corrected chi connectivity index (χ4v) is 7.63. The zero-order valence-electron chi connectivity index (χ0n) is 15.9. The summed E-state index contributed by atoms with van der Waals surface area (Å²) in [6, 6.07) is 0. The Kier molecular flexibility index (Phi) is 3.43. The summed E-state index contributed by atoms with van der Waals surface area (Å²) in [5.74, 6) is 3.24. The predicted molar refractivity (Wildman–Crippen MR) is 96.0 cm³/mol. The van der Waals surface area contributed by atoms with Crippen molar-refractivity contribution in [2.45, 2.75) is 85.7 Å². The molecule has 3 fully saturated rings. The highest BCUT2D eigenvalue weighted by Gasteiger charge is 2.60. The molecule has 4 aliphatic carbocycles. The Morgan fingerprint density at radius 1 is 1.00 bits per heavy atom. The van der Waals surface area contributed by atoms with Gasteiger partial charge in [0.2, 0.25) is 0 Å². The summed E-state index contributed by atoms with van der Waals surface area (Å²) in [4.78, 5) is 0. The lowest BCUT2D eigenvalue weighted by molar-refractivity contribution is -0.155. The van der Waals surface area contributed by atoms with Gasteiger partial charge >= 0.3 is 0 Å². The number of hydrogen-bond donors (Lipinski definition) is 1. The molecule has 130 valence electrons. The fraction of sp³-hybridized carbons (Fsp3) is 0.909. The number of rotatable bonds is 0. The van der Waals surface area contributed by atoms with Crippen LogP contribution < -0.4 is 0 Å². The van der Waals surface area contributed by atoms with E-state index in [-0.39, 0.29) is 11.5 Å². The van der Waals surface area contributed by atoms with Crippen molar-refractivity contribution in [3.8, 4) is 0 Å². The molecule has 1 nitrogen and oxygen atoms in total. The van der Waals surface area contributed by atoms with Crippen molar-refractivity contribution in [1.29, 1.82) is 0 Å². The van der Waals surface area contributed by atoms with Crippen molar-refractivity contribution >= 4 is 0 Å². The molecule has 0 aromatic heterocycles. The molecule has 3 saturated carbocycles. The van der Waals surface area contributed by atoms with Crippen LogP contribution in [0.1, 0.15) is 79.6 Å². The monoisotopic (exact) mass is 316 g/mol. The third kappa shape index (κ3) is 1.95. The first-order valence-electron chi connectivity index (χ1n) is 10.1. The summed E-state index contributed by atoms with van der Waals surface area (Å²) in [5, 5.41) is 10.6. The van der Waals surface area contributed by atoms with Gasteiger partial charge in [-0.2, -0.15) is 0 Å². The predicted octanol–water partition coefficient (Wildman–Crippen LogP) is 5.58. The van der Waals surface area contributed by atoms with Crippen molar-refractivity contribution < 1.29 is 5.11 Å². The molecule has 0 bridgehead atoms. The van der Waals surface area contributed by atoms with E-state index in [9.17, 15) is 5.11 Å². The molecule has 7 atom stereocenters. The minimum absolute atomic E-state index is 0.0933. The zero-order chi connectivity index (χ0) is 16.6. The molecule has 0 saturated heterocycles. The Morgan fingerprint density at radius 2 is 1.74 bits per heavy atom. The quantitative estimate of drug-likeness (QED) is 0.578. The van der Waals surface area contributed by atoms with Crippen molar-refractivity contribution in [1.82, 2.24) is 0 Å². The third-order valence-corrected chi connectivity index (χ3v) is 9.42. The number of aliphatic hydroxyl groups is 1. The van der Waals surface area contributed by atoms with Crippen molar-refractivity contribution in [3.05, 3.63) is 11.6 Å². The van der Waals surface area contributed by atoms with Crippen LogP contribution in [0.4, 0.5) is 0 Å². The van der Waals surface area contributed by atoms with Crippen LogP contribution in [0, 0.1) is 39.9 Å². The molecule has 0 aromatic carbocycles. The molecule has 1 heteroatoms. The highest BCUT2D eigenvalue weighted by atomic mass is 16.3. The van der Waals surface area contributed by atoms with Crippen LogP contribution in [0.2, 0.25) is 0 Å². The molecule has 0 amide bonds. The molecule has 0 radical (unpaired) electrons. The van der Waals surface area contributed by atoms with Gasteiger partial charge in [0, 0.05) is 0 Å². The number of hydrogen-bond acceptors (Lipinski definition) is 1. The summed E-state index contributed by atoms with van der Waals surface area (Å²) in [6.45, 7) is 12.3. The third-order valence-electron chi connectivity index (χ3n) is 9.42. The Balaban J connectivity index is 1.69. The second-order valence-electron chi connectivity index (χ2n) is 10.5. The van der Waals surface area contributed by atoms with Crippen molar-refractivity contribution in [2.75, 3.05) is 0 Å². The van der Waals surface area contributed by atoms with Gasteiger partial charge in [-0.1, -0.05) is 46.3 Å². The van der Waals surface area contributed by atoms with Gasteiger partial charge in [-0.3, -0.25) is 0 Å². The first kappa shape index (κ1) is 16.2. The lowest BCUT2D eigenvalue weighted by Gasteiger charge is -2.63. The van der Waals surface area contributed by atoms with Crippen LogP contribution in [0.5, 0.6) is 0 Å². The van der Waals surface area contributed by atoms with E-state index < -0.39 is 0 Å². The standard InChI is InChI=1S/C22H36O/c1-14-6-8-16-15-7-9-18-20(2,3)19(23)11-13-22(18,5)17(15)10-12-21(14,16)4/h8,14-15,17-19,23H,6-7,9-13H2,1-5H3/t14?,15?,17?,18?,19?,21-,22-/m1/s1. The smallest absolute Gasteiger partial charge is 0.0594 e. The van der Waals surface area contributed by atoms with E-state index in [1.54, 1.807) is 0 Å². The molecule has 0 aromatic rings. The molecule has 4 aliphatic rings. The minimum Gasteiger partial charge on any atom is -0.393 e. The molecule has 5 unspecified atom stereocenters. The topological polar surface area (TPSA) is 20.2 Å². The molecule has 1 N–H and O–H groups in total. The van der Waals surface area contributed by atoms with E-state index in [4.69, 9.17) is 0 Å². The summed E-state index contributed by atoms with van der Waals surface area (Å²) < 4.78 is 0. The average Bonchev–Trinajstić information content (AvgIpc) is 2.79. The highest BCUT2D eigenvalue weighted by Crippen LogP contribution is 2.68. The van der Waals surface area contributed by atoms with Crippen molar-refractivity contribution in [3.63, 3.8) is 0 Å². The van der Waals surface area contributed by atoms with E-state index in [0.29, 0.717) is 16.7 Å². The Bertz CT molecular complexity index is 532. The normalized spacial score (nSPS) is 54.7. The first-order valence-corrected chi connectivity index (χ1v) is 10.1. The summed E-state index contributed by atoms with van der Waals surface area (Å²) in [5.41, 5.74) is 2.87. The SMILES string of the molecule is CC1CC=C2C3CCC4C(C)(C)C(O)CC[C@]4(C)C3CC[C@@]21C. The van der Waals surface area contributed by atoms with Crippen LogP contribution in [-0.2, 0) is 0 Å². The largest absolute Gasteiger partial charge is 0.393 e. The van der Waals surface area contributed by atoms with E-state index in [1.165, 1.54) is 38.5 Å². The van der Waals surface area contributed by atoms with Gasteiger partial charge in [0.1, 0.15) is 0 Å². The number of fused-ring (bicyclic) bond motifs is 5. The van der Waals surface area contributed by atoms with Crippen LogP contribution in [-0.4, -0.2) is 11.2 Å². The van der Waals surface area contributed by atoms with E-state index in [1.807, 2.05) is 5.57 Å². The van der Waals surface area contributed by atoms with E-state index in [2.05, 4.69) is 40.7 Å². The number of allylic oxidation sites excluding steroid dienone is 2. The van der Waals surface area contributed by atoms with Gasteiger partial charge in [-0.25, -0.2) is 0 Å². The van der Waals surface area contributed by atoms with Gasteiger partial charge in [0.15, 0.2) is 0 Å². The van der Waals surface area contributed by atoms with Gasteiger partial charge in [-0.15, -0.1) is 0 Å². The first-order chi connectivity index (χ1) is 10.7. The molecule has 4 rings (SSSR count). The van der Waals surface area contributed by atoms with Gasteiger partial charge < -0.3 is 5.11 Å². The highest BCUT2D eigenvalue weighted by molar-refractivity contribution is 5.29. The molecular weight excluding hydrogens is 280 g/mol. The maximum absolute atomic E-state index is 10.6. The maximum Gasteiger partial charge on any atom is 0.0594 e. The average molecular weight is 317 g/mol. The second kappa shape index (κ2) is 4.87. The van der Waals surface area contributed by atoms with Crippen LogP contribution in [0.25, 0.3) is 0 Å². The fourth-order valence-electron chi connectivity index (χ4n) is 7.63. The molecular formula is C22H36O. The van der Waals surface area contributed by atoms with Gasteiger partial charge in [-0.05, 0) is 84.9 Å². The van der Waals surface area contributed by atoms with E-state index >= 15 is 0 Å². The molecule has 0 aliphatic heterocycles. The number of aliphatic hydroxyl groups excluding tert-OH is 1. The second-order valence-corrected chi connectivity index (χ2v) is 10.5. The molecule has 23 heavy (non-hydrogen) atoms. The van der Waals surface area contributed by atoms with Crippen molar-refractivity contribution in [2.24, 2.45) is 39.9 Å². The molecule has 0 spiro atoms. The van der Waals surface area contributed by atoms with Gasteiger partial charge in [0.05, 0.1) is 6.10 Å². The lowest BCUT2D eigenvalue weighted by atomic mass is 9.42. The summed E-state index contributed by atoms with van der Waals surface area (Å²) in [7, 11) is 0. The maximum atomic E-state index is 10.6. The minimum atomic E-state index is -0.100. The summed E-state index contributed by atoms with van der Waals surface area (Å²) in [6.07, 6.45) is 11.6. The zero-order valence-corrected chi connectivity index (χ0v) is 15.9. The summed E-state index contributed by atoms with van der Waals surface area (Å²) >= 11 is 0. The Labute approximate surface area is 142 Å². The Morgan fingerprint density at radius 3 is 2.48 bits per heavy atom. The lowest BCUT2D eigenvalue weighted by Crippen LogP contribution is -2.58. The van der Waals surface area contributed by atoms with Crippen LogP contribution in [0.3, 0.4) is 0 Å². The molecule has 0 heterocycles. The van der Waals surface area contributed by atoms with Crippen LogP contribution in [0.15, 0.2) is 11.6 Å².